The Bertz CT molecular complexity index is 477. The topological polar surface area (TPSA) is 34.1 Å². The predicted octanol–water partition coefficient (Wildman–Crippen LogP) is 4.22. The molecule has 0 aliphatic carbocycles. The van der Waals surface area contributed by atoms with Gasteiger partial charge in [-0.2, -0.15) is 0 Å². The smallest absolute Gasteiger partial charge is 0.178 e. The zero-order valence-corrected chi connectivity index (χ0v) is 14.3. The van der Waals surface area contributed by atoms with Gasteiger partial charge in [0.25, 0.3) is 0 Å². The molecule has 0 bridgehead atoms. The molecule has 0 aromatic heterocycles. The van der Waals surface area contributed by atoms with E-state index in [1.165, 1.54) is 5.56 Å². The van der Waals surface area contributed by atoms with Gasteiger partial charge in [0.15, 0.2) is 9.84 Å². The van der Waals surface area contributed by atoms with Crippen molar-refractivity contribution in [1.82, 2.24) is 0 Å². The average molecular weight is 347 g/mol. The van der Waals surface area contributed by atoms with Crippen LogP contribution >= 0.6 is 15.9 Å². The molecule has 1 unspecified atom stereocenters. The van der Waals surface area contributed by atoms with Crippen molar-refractivity contribution in [3.05, 3.63) is 29.8 Å². The summed E-state index contributed by atoms with van der Waals surface area (Å²) in [6.07, 6.45) is 2.71. The molecule has 108 valence electrons. The van der Waals surface area contributed by atoms with Crippen LogP contribution in [0.5, 0.6) is 0 Å². The number of rotatable bonds is 7. The first-order valence-corrected chi connectivity index (χ1v) is 9.37. The third-order valence-electron chi connectivity index (χ3n) is 2.94. The molecule has 0 radical (unpaired) electrons. The Morgan fingerprint density at radius 1 is 1.16 bits per heavy atom. The second kappa shape index (κ2) is 7.44. The number of alkyl halides is 1. The van der Waals surface area contributed by atoms with E-state index in [4.69, 9.17) is 0 Å². The van der Waals surface area contributed by atoms with Crippen LogP contribution in [0.2, 0.25) is 0 Å². The fourth-order valence-corrected chi connectivity index (χ4v) is 4.52. The van der Waals surface area contributed by atoms with Crippen molar-refractivity contribution >= 4 is 25.8 Å². The van der Waals surface area contributed by atoms with Crippen molar-refractivity contribution in [2.24, 2.45) is 5.92 Å². The molecule has 0 aliphatic rings. The summed E-state index contributed by atoms with van der Waals surface area (Å²) in [5, 5.41) is 0. The van der Waals surface area contributed by atoms with Gasteiger partial charge >= 0.3 is 0 Å². The lowest BCUT2D eigenvalue weighted by molar-refractivity contribution is 0.571. The predicted molar refractivity (Wildman–Crippen MR) is 84.7 cm³/mol. The van der Waals surface area contributed by atoms with Gasteiger partial charge in [-0.25, -0.2) is 8.42 Å². The molecule has 0 heterocycles. The van der Waals surface area contributed by atoms with Gasteiger partial charge < -0.3 is 0 Å². The van der Waals surface area contributed by atoms with Gasteiger partial charge in [-0.15, -0.1) is 0 Å². The maximum absolute atomic E-state index is 11.9. The fraction of sp³-hybridized carbons (Fsp3) is 0.600. The second-order valence-electron chi connectivity index (χ2n) is 5.39. The van der Waals surface area contributed by atoms with Gasteiger partial charge in [0.2, 0.25) is 0 Å². The lowest BCUT2D eigenvalue weighted by atomic mass is 10.0. The van der Waals surface area contributed by atoms with Crippen molar-refractivity contribution in [2.45, 2.75) is 49.8 Å². The van der Waals surface area contributed by atoms with E-state index >= 15 is 0 Å². The van der Waals surface area contributed by atoms with Gasteiger partial charge in [0.05, 0.1) is 10.6 Å². The zero-order chi connectivity index (χ0) is 14.5. The minimum Gasteiger partial charge on any atom is -0.224 e. The van der Waals surface area contributed by atoms with Crippen LogP contribution in [-0.2, 0) is 16.3 Å². The summed E-state index contributed by atoms with van der Waals surface area (Å²) in [7, 11) is -3.09. The van der Waals surface area contributed by atoms with Crippen molar-refractivity contribution in [1.29, 1.82) is 0 Å². The molecular weight excluding hydrogens is 324 g/mol. The SMILES string of the molecule is CCCS(=O)(=O)c1ccc(CC(Br)CC(C)C)cc1. The summed E-state index contributed by atoms with van der Waals surface area (Å²) >= 11 is 3.68. The summed E-state index contributed by atoms with van der Waals surface area (Å²) in [5.74, 6) is 0.884. The van der Waals surface area contributed by atoms with Gasteiger partial charge in [0.1, 0.15) is 0 Å². The molecule has 0 amide bonds. The molecule has 0 N–H and O–H groups in total. The first-order valence-electron chi connectivity index (χ1n) is 6.81. The third-order valence-corrected chi connectivity index (χ3v) is 5.57. The Hall–Kier alpha value is -0.350. The highest BCUT2D eigenvalue weighted by molar-refractivity contribution is 9.09. The van der Waals surface area contributed by atoms with Gasteiger partial charge in [-0.1, -0.05) is 48.8 Å². The Balaban J connectivity index is 2.72. The molecule has 19 heavy (non-hydrogen) atoms. The normalized spacial score (nSPS) is 13.7. The van der Waals surface area contributed by atoms with Crippen LogP contribution in [0, 0.1) is 5.92 Å². The highest BCUT2D eigenvalue weighted by Crippen LogP contribution is 2.19. The maximum atomic E-state index is 11.9. The van der Waals surface area contributed by atoms with Crippen LogP contribution in [0.4, 0.5) is 0 Å². The number of hydrogen-bond donors (Lipinski definition) is 0. The number of benzene rings is 1. The van der Waals surface area contributed by atoms with Gasteiger partial charge in [0, 0.05) is 4.83 Å². The monoisotopic (exact) mass is 346 g/mol. The van der Waals surface area contributed by atoms with Crippen LogP contribution in [0.1, 0.15) is 39.2 Å². The number of hydrogen-bond acceptors (Lipinski definition) is 2. The number of sulfone groups is 1. The van der Waals surface area contributed by atoms with Crippen LogP contribution in [0.25, 0.3) is 0 Å². The lowest BCUT2D eigenvalue weighted by Gasteiger charge is -2.12. The van der Waals surface area contributed by atoms with E-state index in [0.717, 1.165) is 12.8 Å². The zero-order valence-electron chi connectivity index (χ0n) is 11.9. The van der Waals surface area contributed by atoms with Crippen molar-refractivity contribution in [3.8, 4) is 0 Å². The maximum Gasteiger partial charge on any atom is 0.178 e. The van der Waals surface area contributed by atoms with E-state index in [2.05, 4.69) is 29.8 Å². The molecule has 0 saturated heterocycles. The molecule has 0 saturated carbocycles. The van der Waals surface area contributed by atoms with Crippen molar-refractivity contribution < 1.29 is 8.42 Å². The fourth-order valence-electron chi connectivity index (χ4n) is 2.07. The first kappa shape index (κ1) is 16.7. The highest BCUT2D eigenvalue weighted by atomic mass is 79.9. The molecule has 1 aromatic carbocycles. The molecule has 1 atom stereocenters. The average Bonchev–Trinajstić information content (AvgIpc) is 2.28. The summed E-state index contributed by atoms with van der Waals surface area (Å²) < 4.78 is 23.8. The first-order chi connectivity index (χ1) is 8.85. The largest absolute Gasteiger partial charge is 0.224 e. The highest BCUT2D eigenvalue weighted by Gasteiger charge is 2.13. The van der Waals surface area contributed by atoms with E-state index in [-0.39, 0.29) is 5.75 Å². The van der Waals surface area contributed by atoms with Crippen LogP contribution in [0.15, 0.2) is 29.2 Å². The van der Waals surface area contributed by atoms with E-state index in [1.807, 2.05) is 19.1 Å². The molecule has 1 rings (SSSR count). The second-order valence-corrected chi connectivity index (χ2v) is 8.80. The van der Waals surface area contributed by atoms with Crippen LogP contribution in [0.3, 0.4) is 0 Å². The minimum atomic E-state index is -3.09. The van der Waals surface area contributed by atoms with E-state index in [9.17, 15) is 8.42 Å². The Kier molecular flexibility index (Phi) is 6.54. The van der Waals surface area contributed by atoms with Crippen molar-refractivity contribution in [3.63, 3.8) is 0 Å². The molecule has 0 fully saturated rings. The Labute approximate surface area is 125 Å². The van der Waals surface area contributed by atoms with E-state index in [1.54, 1.807) is 12.1 Å². The summed E-state index contributed by atoms with van der Waals surface area (Å²) in [5.41, 5.74) is 1.18. The van der Waals surface area contributed by atoms with Crippen LogP contribution < -0.4 is 0 Å². The summed E-state index contributed by atoms with van der Waals surface area (Å²) in [4.78, 5) is 0.888. The molecule has 0 aliphatic heterocycles. The van der Waals surface area contributed by atoms with E-state index in [0.29, 0.717) is 22.1 Å². The van der Waals surface area contributed by atoms with Crippen LogP contribution in [-0.4, -0.2) is 19.0 Å². The van der Waals surface area contributed by atoms with Crippen molar-refractivity contribution in [2.75, 3.05) is 5.75 Å². The summed E-state index contributed by atoms with van der Waals surface area (Å²) in [6.45, 7) is 6.29. The minimum absolute atomic E-state index is 0.223. The lowest BCUT2D eigenvalue weighted by Crippen LogP contribution is -2.08. The standard InChI is InChI=1S/C15H23BrO2S/c1-4-9-19(17,18)15-7-5-13(6-8-15)11-14(16)10-12(2)3/h5-8,12,14H,4,9-11H2,1-3H3. The Morgan fingerprint density at radius 3 is 2.21 bits per heavy atom. The van der Waals surface area contributed by atoms with E-state index < -0.39 is 9.84 Å². The number of halogens is 1. The molecule has 2 nitrogen and oxygen atoms in total. The van der Waals surface area contributed by atoms with Gasteiger partial charge in [-0.05, 0) is 42.9 Å². The third kappa shape index (κ3) is 5.65. The molecule has 1 aromatic rings. The van der Waals surface area contributed by atoms with Gasteiger partial charge in [-0.3, -0.25) is 0 Å². The summed E-state index contributed by atoms with van der Waals surface area (Å²) in [6, 6.07) is 7.32. The Morgan fingerprint density at radius 2 is 1.74 bits per heavy atom. The molecule has 0 spiro atoms. The molecule has 4 heteroatoms. The quantitative estimate of drug-likeness (QED) is 0.692. The molecular formula is C15H23BrO2S.